The number of methoxy groups -OCH3 is 1. The maximum Gasteiger partial charge on any atom is 0.318 e. The van der Waals surface area contributed by atoms with Gasteiger partial charge in [-0.2, -0.15) is 0 Å². The van der Waals surface area contributed by atoms with Gasteiger partial charge in [-0.25, -0.2) is 18.2 Å². The number of rotatable bonds is 11. The van der Waals surface area contributed by atoms with Gasteiger partial charge in [-0.1, -0.05) is 20.8 Å². The highest BCUT2D eigenvalue weighted by Crippen LogP contribution is 2.40. The highest BCUT2D eigenvalue weighted by molar-refractivity contribution is 7.90. The Morgan fingerprint density at radius 3 is 2.34 bits per heavy atom. The van der Waals surface area contributed by atoms with Gasteiger partial charge in [0.05, 0.1) is 25.3 Å². The van der Waals surface area contributed by atoms with Crippen LogP contribution in [0, 0.1) is 5.41 Å². The summed E-state index contributed by atoms with van der Waals surface area (Å²) in [6.07, 6.45) is 2.91. The minimum atomic E-state index is -3.73. The number of nitrogens with zero attached hydrogens (tertiary/aromatic N) is 3. The van der Waals surface area contributed by atoms with Gasteiger partial charge in [0.1, 0.15) is 23.9 Å². The van der Waals surface area contributed by atoms with E-state index in [0.29, 0.717) is 37.3 Å². The zero-order valence-corrected chi connectivity index (χ0v) is 31.0. The Balaban J connectivity index is 1.39. The molecule has 1 aliphatic heterocycles. The number of pyridine rings is 1. The molecule has 1 aromatic carbocycles. The highest BCUT2D eigenvalue weighted by atomic mass is 32.2. The quantitative estimate of drug-likeness (QED) is 0.316. The lowest BCUT2D eigenvalue weighted by atomic mass is 9.85. The molecule has 50 heavy (non-hydrogen) atoms. The summed E-state index contributed by atoms with van der Waals surface area (Å²) >= 11 is 0. The molecule has 0 unspecified atom stereocenters. The molecular formula is C35H50N6O8S. The predicted octanol–water partition coefficient (Wildman–Crippen LogP) is 3.09. The van der Waals surface area contributed by atoms with Crippen LogP contribution in [0.3, 0.4) is 0 Å². The standard InChI is InChI=1S/C35H50N6O8S/c1-33(2,3)28(37-32(45)40(7)34(4,5)6)31(44)41-20-23(49-30-25-12-9-22(48-8)17-21(25)13-16-36-30)18-26(41)29(43)38-35(14-15-35)19-27(42)39-50(46,47)24-10-11-24/h9,12-13,16-17,23-24,26,28H,10-11,14-15,18-20H2,1-8H3,(H,37,45)(H,38,43)(H,39,42)/t23-,26+,28-/m1/s1. The largest absolute Gasteiger partial charge is 0.497 e. The van der Waals surface area contributed by atoms with Crippen molar-refractivity contribution in [3.05, 3.63) is 30.5 Å². The summed E-state index contributed by atoms with van der Waals surface area (Å²) in [6.45, 7) is 11.2. The summed E-state index contributed by atoms with van der Waals surface area (Å²) in [5.41, 5.74) is -2.16. The van der Waals surface area contributed by atoms with Gasteiger partial charge >= 0.3 is 6.03 Å². The Morgan fingerprint density at radius 2 is 1.76 bits per heavy atom. The summed E-state index contributed by atoms with van der Waals surface area (Å²) in [7, 11) is -0.496. The van der Waals surface area contributed by atoms with Gasteiger partial charge in [-0.3, -0.25) is 19.1 Å². The summed E-state index contributed by atoms with van der Waals surface area (Å²) in [6, 6.07) is 4.89. The van der Waals surface area contributed by atoms with Crippen molar-refractivity contribution in [2.24, 2.45) is 5.41 Å². The molecule has 5 rings (SSSR count). The average molecular weight is 715 g/mol. The molecular weight excluding hydrogens is 664 g/mol. The van der Waals surface area contributed by atoms with E-state index in [-0.39, 0.29) is 19.4 Å². The lowest BCUT2D eigenvalue weighted by molar-refractivity contribution is -0.142. The molecule has 2 saturated carbocycles. The SMILES string of the molecule is COc1ccc2c(O[C@@H]3C[C@@H](C(=O)NC4(CC(=O)NS(=O)(=O)C5CC5)CC4)N(C(=O)[C@@H](NC(=O)N(C)C(C)(C)C)C(C)(C)C)C3)nccc2c1. The molecule has 2 heterocycles. The first-order valence-corrected chi connectivity index (χ1v) is 18.6. The van der Waals surface area contributed by atoms with Crippen LogP contribution in [-0.2, 0) is 24.4 Å². The number of ether oxygens (including phenoxy) is 2. The number of carbonyl (C=O) groups excluding carboxylic acids is 4. The van der Waals surface area contributed by atoms with Crippen molar-refractivity contribution in [1.29, 1.82) is 0 Å². The van der Waals surface area contributed by atoms with Crippen molar-refractivity contribution in [3.63, 3.8) is 0 Å². The second-order valence-corrected chi connectivity index (χ2v) is 17.8. The highest BCUT2D eigenvalue weighted by Gasteiger charge is 2.51. The first kappa shape index (κ1) is 37.1. The number of amides is 5. The molecule has 3 fully saturated rings. The van der Waals surface area contributed by atoms with Crippen LogP contribution in [0.15, 0.2) is 30.5 Å². The van der Waals surface area contributed by atoms with Gasteiger partial charge in [-0.05, 0) is 81.5 Å². The van der Waals surface area contributed by atoms with Crippen molar-refractivity contribution in [3.8, 4) is 11.6 Å². The van der Waals surface area contributed by atoms with E-state index in [1.807, 2.05) is 59.7 Å². The van der Waals surface area contributed by atoms with Gasteiger partial charge in [0.2, 0.25) is 33.6 Å². The number of fused-ring (bicyclic) bond motifs is 1. The molecule has 3 N–H and O–H groups in total. The Bertz CT molecular complexity index is 1760. The predicted molar refractivity (Wildman–Crippen MR) is 187 cm³/mol. The maximum atomic E-state index is 14.5. The Morgan fingerprint density at radius 1 is 1.08 bits per heavy atom. The number of carbonyl (C=O) groups is 4. The van der Waals surface area contributed by atoms with Gasteiger partial charge in [-0.15, -0.1) is 0 Å². The number of aromatic nitrogens is 1. The fourth-order valence-electron chi connectivity index (χ4n) is 6.03. The normalized spacial score (nSPS) is 20.8. The van der Waals surface area contributed by atoms with E-state index in [0.717, 1.165) is 10.8 Å². The van der Waals surface area contributed by atoms with Gasteiger partial charge in [0.25, 0.3) is 0 Å². The Hall–Kier alpha value is -4.14. The smallest absolute Gasteiger partial charge is 0.318 e. The van der Waals surface area contributed by atoms with E-state index in [2.05, 4.69) is 20.3 Å². The minimum absolute atomic E-state index is 0.0375. The van der Waals surface area contributed by atoms with Crippen LogP contribution in [-0.4, -0.2) is 102 Å². The van der Waals surface area contributed by atoms with E-state index in [1.54, 1.807) is 26.4 Å². The number of likely N-dealkylation sites (tertiary alicyclic amines) is 1. The number of benzene rings is 1. The van der Waals surface area contributed by atoms with E-state index in [9.17, 15) is 27.6 Å². The third-order valence-corrected chi connectivity index (χ3v) is 11.6. The third kappa shape index (κ3) is 8.41. The van der Waals surface area contributed by atoms with Gasteiger partial charge in [0.15, 0.2) is 0 Å². The van der Waals surface area contributed by atoms with Crippen molar-refractivity contribution < 1.29 is 37.1 Å². The zero-order chi connectivity index (χ0) is 36.8. The van der Waals surface area contributed by atoms with Crippen LogP contribution < -0.4 is 24.8 Å². The first-order valence-electron chi connectivity index (χ1n) is 17.0. The molecule has 1 aromatic heterocycles. The Kier molecular flexibility index (Phi) is 10.0. The van der Waals surface area contributed by atoms with Crippen LogP contribution in [0.1, 0.15) is 80.1 Å². The molecule has 15 heteroatoms. The summed E-state index contributed by atoms with van der Waals surface area (Å²) < 4.78 is 38.6. The van der Waals surface area contributed by atoms with Crippen LogP contribution in [0.25, 0.3) is 10.8 Å². The maximum absolute atomic E-state index is 14.5. The van der Waals surface area contributed by atoms with Crippen molar-refractivity contribution in [1.82, 2.24) is 30.1 Å². The summed E-state index contributed by atoms with van der Waals surface area (Å²) in [4.78, 5) is 62.1. The van der Waals surface area contributed by atoms with E-state index >= 15 is 0 Å². The molecule has 2 aromatic rings. The van der Waals surface area contributed by atoms with E-state index < -0.39 is 73.7 Å². The van der Waals surface area contributed by atoms with Crippen molar-refractivity contribution in [2.45, 2.75) is 115 Å². The second kappa shape index (κ2) is 13.5. The lowest BCUT2D eigenvalue weighted by Crippen LogP contribution is -2.61. The molecule has 0 spiro atoms. The number of urea groups is 1. The van der Waals surface area contributed by atoms with Gasteiger partial charge in [0, 0.05) is 36.1 Å². The van der Waals surface area contributed by atoms with Crippen molar-refractivity contribution >= 4 is 44.5 Å². The monoisotopic (exact) mass is 714 g/mol. The summed E-state index contributed by atoms with van der Waals surface area (Å²) in [5, 5.41) is 6.90. The summed E-state index contributed by atoms with van der Waals surface area (Å²) in [5.74, 6) is -0.603. The van der Waals surface area contributed by atoms with E-state index in [1.165, 1.54) is 9.80 Å². The molecule has 3 aliphatic rings. The van der Waals surface area contributed by atoms with E-state index in [4.69, 9.17) is 9.47 Å². The third-order valence-electron chi connectivity index (χ3n) is 9.71. The lowest BCUT2D eigenvalue weighted by Gasteiger charge is -2.38. The number of hydrogen-bond donors (Lipinski definition) is 3. The fourth-order valence-corrected chi connectivity index (χ4v) is 7.34. The van der Waals surface area contributed by atoms with Crippen LogP contribution in [0.5, 0.6) is 11.6 Å². The zero-order valence-electron chi connectivity index (χ0n) is 30.2. The van der Waals surface area contributed by atoms with Crippen LogP contribution in [0.2, 0.25) is 0 Å². The molecule has 274 valence electrons. The molecule has 0 bridgehead atoms. The molecule has 0 radical (unpaired) electrons. The first-order chi connectivity index (χ1) is 23.2. The number of nitrogens with one attached hydrogen (secondary N) is 3. The van der Waals surface area contributed by atoms with Crippen LogP contribution in [0.4, 0.5) is 4.79 Å². The Labute approximate surface area is 294 Å². The average Bonchev–Trinajstić information content (AvgIpc) is 3.96. The second-order valence-electron chi connectivity index (χ2n) is 15.9. The number of hydrogen-bond acceptors (Lipinski definition) is 9. The minimum Gasteiger partial charge on any atom is -0.497 e. The molecule has 3 atom stereocenters. The van der Waals surface area contributed by atoms with Crippen molar-refractivity contribution in [2.75, 3.05) is 20.7 Å². The molecule has 14 nitrogen and oxygen atoms in total. The number of sulfonamides is 1. The van der Waals surface area contributed by atoms with Crippen LogP contribution >= 0.6 is 0 Å². The molecule has 2 aliphatic carbocycles. The molecule has 5 amide bonds. The fraction of sp³-hybridized carbons (Fsp3) is 0.629. The topological polar surface area (TPSA) is 176 Å². The molecule has 1 saturated heterocycles. The van der Waals surface area contributed by atoms with Gasteiger partial charge < -0.3 is 29.9 Å².